The van der Waals surface area contributed by atoms with Crippen molar-refractivity contribution >= 4 is 0 Å². The molecule has 0 amide bonds. The predicted molar refractivity (Wildman–Crippen MR) is 94.0 cm³/mol. The first-order valence-corrected chi connectivity index (χ1v) is 8.23. The minimum atomic E-state index is -2.17. The van der Waals surface area contributed by atoms with Crippen molar-refractivity contribution in [2.75, 3.05) is 0 Å². The molecule has 0 heterocycles. The van der Waals surface area contributed by atoms with Crippen LogP contribution in [0.2, 0.25) is 0 Å². The van der Waals surface area contributed by atoms with Crippen molar-refractivity contribution in [2.24, 2.45) is 11.5 Å². The van der Waals surface area contributed by atoms with Crippen molar-refractivity contribution in [2.45, 2.75) is 44.7 Å². The van der Waals surface area contributed by atoms with E-state index in [1.165, 1.54) is 5.56 Å². The lowest BCUT2D eigenvalue weighted by atomic mass is 10.0. The number of nitrogens with two attached hydrogens (primary N) is 2. The first kappa shape index (κ1) is 18.4. The number of rotatable bonds is 9. The molecule has 2 rings (SSSR count). The molecule has 0 aliphatic rings. The molecule has 0 fully saturated rings. The van der Waals surface area contributed by atoms with Crippen LogP contribution in [0.5, 0.6) is 5.75 Å². The molecule has 5 nitrogen and oxygen atoms in total. The van der Waals surface area contributed by atoms with E-state index in [2.05, 4.69) is 12.1 Å². The molecule has 0 aliphatic carbocycles. The third kappa shape index (κ3) is 5.94. The molecule has 0 atom stereocenters. The molecule has 2 aromatic carbocycles. The van der Waals surface area contributed by atoms with Crippen LogP contribution in [0.25, 0.3) is 0 Å². The summed E-state index contributed by atoms with van der Waals surface area (Å²) >= 11 is 0. The maximum absolute atomic E-state index is 10.00. The number of aliphatic hydroxyl groups is 2. The lowest BCUT2D eigenvalue weighted by molar-refractivity contribution is -0.295. The second-order valence-electron chi connectivity index (χ2n) is 5.93. The summed E-state index contributed by atoms with van der Waals surface area (Å²) in [7, 11) is 0. The lowest BCUT2D eigenvalue weighted by Gasteiger charge is -2.23. The first-order valence-electron chi connectivity index (χ1n) is 8.23. The van der Waals surface area contributed by atoms with Crippen molar-refractivity contribution in [1.82, 2.24) is 0 Å². The van der Waals surface area contributed by atoms with Gasteiger partial charge in [-0.2, -0.15) is 0 Å². The van der Waals surface area contributed by atoms with E-state index in [4.69, 9.17) is 16.2 Å². The van der Waals surface area contributed by atoms with Gasteiger partial charge in [0.15, 0.2) is 0 Å². The third-order valence-electron chi connectivity index (χ3n) is 3.86. The summed E-state index contributed by atoms with van der Waals surface area (Å²) < 4.78 is 5.27. The summed E-state index contributed by atoms with van der Waals surface area (Å²) in [5, 5.41) is 20.0. The number of hydrogen-bond donors (Lipinski definition) is 4. The first-order chi connectivity index (χ1) is 11.5. The molecule has 0 saturated heterocycles. The Labute approximate surface area is 142 Å². The Morgan fingerprint density at radius 3 is 2.17 bits per heavy atom. The van der Waals surface area contributed by atoms with Gasteiger partial charge in [0.2, 0.25) is 0 Å². The van der Waals surface area contributed by atoms with Gasteiger partial charge in [0.1, 0.15) is 5.75 Å². The molecule has 0 aliphatic heterocycles. The number of hydrogen-bond acceptors (Lipinski definition) is 5. The third-order valence-corrected chi connectivity index (χ3v) is 3.86. The lowest BCUT2D eigenvalue weighted by Crippen LogP contribution is -2.35. The highest BCUT2D eigenvalue weighted by Gasteiger charge is 2.25. The van der Waals surface area contributed by atoms with Gasteiger partial charge in [-0.15, -0.1) is 0 Å². The monoisotopic (exact) mass is 330 g/mol. The van der Waals surface area contributed by atoms with E-state index >= 15 is 0 Å². The van der Waals surface area contributed by atoms with Crippen LogP contribution in [0.3, 0.4) is 0 Å². The molecule has 0 bridgehead atoms. The van der Waals surface area contributed by atoms with E-state index in [1.54, 1.807) is 18.2 Å². The smallest absolute Gasteiger partial charge is 0.321 e. The molecule has 0 saturated carbocycles. The topological polar surface area (TPSA) is 102 Å². The average molecular weight is 330 g/mol. The Kier molecular flexibility index (Phi) is 6.75. The van der Waals surface area contributed by atoms with E-state index < -0.39 is 5.97 Å². The van der Waals surface area contributed by atoms with Crippen LogP contribution in [0.1, 0.15) is 36.0 Å². The Bertz CT molecular complexity index is 644. The maximum Gasteiger partial charge on any atom is 0.321 e. The zero-order valence-electron chi connectivity index (χ0n) is 13.8. The minimum Gasteiger partial charge on any atom is -0.439 e. The Hall–Kier alpha value is -1.92. The zero-order chi connectivity index (χ0) is 17.4. The summed E-state index contributed by atoms with van der Waals surface area (Å²) in [6.45, 7) is 0.906. The van der Waals surface area contributed by atoms with Crippen molar-refractivity contribution < 1.29 is 14.9 Å². The minimum absolute atomic E-state index is 0.135. The average Bonchev–Trinajstić information content (AvgIpc) is 2.58. The molecular weight excluding hydrogens is 304 g/mol. The van der Waals surface area contributed by atoms with E-state index in [1.807, 2.05) is 18.2 Å². The van der Waals surface area contributed by atoms with E-state index in [-0.39, 0.29) is 6.42 Å². The van der Waals surface area contributed by atoms with E-state index in [0.29, 0.717) is 25.3 Å². The van der Waals surface area contributed by atoms with Gasteiger partial charge in [0.05, 0.1) is 0 Å². The molecule has 5 heteroatoms. The number of unbranched alkanes of at least 4 members (excludes halogenated alkanes) is 1. The molecule has 2 aromatic rings. The standard InChI is InChI=1S/C19H26N2O3/c20-13-16-7-3-6-15(11-16)5-1-2-10-19(22,23)24-18-9-4-8-17(12-18)14-21/h3-4,6-9,11-12,22-23H,1-2,5,10,13-14,20-21H2. The van der Waals surface area contributed by atoms with Gasteiger partial charge in [-0.05, 0) is 48.1 Å². The fraction of sp³-hybridized carbons (Fsp3) is 0.368. The highest BCUT2D eigenvalue weighted by molar-refractivity contribution is 5.28. The van der Waals surface area contributed by atoms with Crippen LogP contribution < -0.4 is 16.2 Å². The highest BCUT2D eigenvalue weighted by atomic mass is 16.8. The van der Waals surface area contributed by atoms with Gasteiger partial charge in [0.25, 0.3) is 0 Å². The summed E-state index contributed by atoms with van der Waals surface area (Å²) in [6, 6.07) is 15.2. The van der Waals surface area contributed by atoms with E-state index in [9.17, 15) is 10.2 Å². The predicted octanol–water partition coefficient (Wildman–Crippen LogP) is 2.03. The fourth-order valence-corrected chi connectivity index (χ4v) is 2.57. The summed E-state index contributed by atoms with van der Waals surface area (Å²) in [4.78, 5) is 0. The fourth-order valence-electron chi connectivity index (χ4n) is 2.57. The molecule has 24 heavy (non-hydrogen) atoms. The molecular formula is C19H26N2O3. The SMILES string of the molecule is NCc1cccc(CCCCC(O)(O)Oc2cccc(CN)c2)c1. The molecule has 0 unspecified atom stereocenters. The molecule has 0 aromatic heterocycles. The van der Waals surface area contributed by atoms with Gasteiger partial charge >= 0.3 is 5.97 Å². The van der Waals surface area contributed by atoms with Gasteiger partial charge < -0.3 is 26.4 Å². The van der Waals surface area contributed by atoms with Gasteiger partial charge in [-0.25, -0.2) is 0 Å². The van der Waals surface area contributed by atoms with Crippen molar-refractivity contribution in [3.05, 3.63) is 65.2 Å². The zero-order valence-corrected chi connectivity index (χ0v) is 13.8. The van der Waals surface area contributed by atoms with E-state index in [0.717, 1.165) is 24.0 Å². The van der Waals surface area contributed by atoms with Gasteiger partial charge in [-0.3, -0.25) is 0 Å². The Balaban J connectivity index is 1.79. The number of ether oxygens (including phenoxy) is 1. The van der Waals surface area contributed by atoms with Crippen LogP contribution in [0, 0.1) is 0 Å². The van der Waals surface area contributed by atoms with Crippen LogP contribution in [-0.4, -0.2) is 16.2 Å². The summed E-state index contributed by atoms with van der Waals surface area (Å²) in [6.07, 6.45) is 2.47. The van der Waals surface area contributed by atoms with Gasteiger partial charge in [0, 0.05) is 19.5 Å². The molecule has 0 spiro atoms. The van der Waals surface area contributed by atoms with Crippen LogP contribution in [0.15, 0.2) is 48.5 Å². The van der Waals surface area contributed by atoms with Crippen LogP contribution in [-0.2, 0) is 19.5 Å². The number of aryl methyl sites for hydroxylation is 1. The summed E-state index contributed by atoms with van der Waals surface area (Å²) in [5.41, 5.74) is 14.4. The maximum atomic E-state index is 10.00. The largest absolute Gasteiger partial charge is 0.439 e. The second-order valence-corrected chi connectivity index (χ2v) is 5.93. The Morgan fingerprint density at radius 2 is 1.46 bits per heavy atom. The molecule has 130 valence electrons. The van der Waals surface area contributed by atoms with Gasteiger partial charge in [-0.1, -0.05) is 36.4 Å². The van der Waals surface area contributed by atoms with Crippen LogP contribution in [0.4, 0.5) is 0 Å². The molecule has 0 radical (unpaired) electrons. The number of benzene rings is 2. The molecule has 6 N–H and O–H groups in total. The second kappa shape index (κ2) is 8.80. The normalized spacial score (nSPS) is 11.5. The summed E-state index contributed by atoms with van der Waals surface area (Å²) in [5.74, 6) is -1.77. The highest BCUT2D eigenvalue weighted by Crippen LogP contribution is 2.21. The van der Waals surface area contributed by atoms with Crippen molar-refractivity contribution in [3.63, 3.8) is 0 Å². The quantitative estimate of drug-likeness (QED) is 0.416. The van der Waals surface area contributed by atoms with Crippen LogP contribution >= 0.6 is 0 Å². The van der Waals surface area contributed by atoms with Crippen molar-refractivity contribution in [3.8, 4) is 5.75 Å². The van der Waals surface area contributed by atoms with Crippen molar-refractivity contribution in [1.29, 1.82) is 0 Å². The Morgan fingerprint density at radius 1 is 0.833 bits per heavy atom.